The van der Waals surface area contributed by atoms with Crippen LogP contribution in [0, 0.1) is 98.9 Å². The fourth-order valence-electron chi connectivity index (χ4n) is 5.46. The van der Waals surface area contributed by atoms with Crippen LogP contribution >= 0.6 is 0 Å². The average molecular weight is 712 g/mol. The van der Waals surface area contributed by atoms with Crippen LogP contribution in [0.25, 0.3) is 54.9 Å². The third-order valence-electron chi connectivity index (χ3n) is 7.55. The number of rotatable bonds is 3. The second kappa shape index (κ2) is 11.4. The monoisotopic (exact) mass is 712 g/mol. The number of fused-ring (bicyclic) bond motifs is 2. The van der Waals surface area contributed by atoms with Crippen LogP contribution in [0.4, 0.5) is 74.6 Å². The molecule has 0 heterocycles. The smallest absolute Gasteiger partial charge is 0.200 e. The molecule has 0 amide bonds. The van der Waals surface area contributed by atoms with Gasteiger partial charge >= 0.3 is 0 Å². The summed E-state index contributed by atoms with van der Waals surface area (Å²) in [6.45, 7) is 0. The molecule has 17 heteroatoms. The Kier molecular flexibility index (Phi) is 7.79. The van der Waals surface area contributed by atoms with Crippen molar-refractivity contribution < 1.29 is 74.6 Å². The Bertz CT molecular complexity index is 2440. The van der Waals surface area contributed by atoms with E-state index in [0.29, 0.717) is 18.2 Å². The Balaban J connectivity index is 1.98. The molecule has 0 radical (unpaired) electrons. The number of benzene rings is 6. The first-order chi connectivity index (χ1) is 22.9. The minimum absolute atomic E-state index is 0.0772. The van der Waals surface area contributed by atoms with E-state index in [1.807, 2.05) is 0 Å². The van der Waals surface area contributed by atoms with E-state index in [0.717, 1.165) is 0 Å². The van der Waals surface area contributed by atoms with Crippen molar-refractivity contribution in [3.05, 3.63) is 129 Å². The first kappa shape index (κ1) is 33.5. The molecule has 6 aromatic rings. The van der Waals surface area contributed by atoms with E-state index in [-0.39, 0.29) is 12.1 Å². The first-order valence-corrected chi connectivity index (χ1v) is 12.9. The second-order valence-corrected chi connectivity index (χ2v) is 10.1. The van der Waals surface area contributed by atoms with Gasteiger partial charge < -0.3 is 0 Å². The lowest BCUT2D eigenvalue weighted by Crippen LogP contribution is -2.09. The van der Waals surface area contributed by atoms with E-state index in [9.17, 15) is 39.5 Å². The lowest BCUT2D eigenvalue weighted by atomic mass is 9.83. The van der Waals surface area contributed by atoms with E-state index < -0.39 is 154 Å². The molecule has 49 heavy (non-hydrogen) atoms. The molecule has 0 saturated carbocycles. The SMILES string of the molecule is Fc1cc(F)c(F)c(-c2cccc(-c3c(F)c(F)c(F)c(F)c3F)c2-c2c(F)c(F)c(F)c3c(F)c4c(F)c(F)c(F)c(F)c4c(F)c23)c1. The summed E-state index contributed by atoms with van der Waals surface area (Å²) < 4.78 is 253. The highest BCUT2D eigenvalue weighted by Crippen LogP contribution is 2.50. The molecule has 0 atom stereocenters. The number of halogens is 17. The number of hydrogen-bond acceptors (Lipinski definition) is 0. The summed E-state index contributed by atoms with van der Waals surface area (Å²) in [6.07, 6.45) is 0. The standard InChI is InChI=1S/C32H5F17/c33-6-4-9(18(35)10(34)5-6)7-2-1-3-8(12-21(38)28(45)32(49)29(46)22(12)39)11(7)13-14-15(24(41)27(44)23(13)40)20(37)17-16(19(14)36)25(42)30(47)31(48)26(17)43/h1-5H. The molecule has 6 rings (SSSR count). The molecule has 0 aliphatic carbocycles. The van der Waals surface area contributed by atoms with Gasteiger partial charge in [0, 0.05) is 28.1 Å². The summed E-state index contributed by atoms with van der Waals surface area (Å²) in [5.74, 6) is -44.2. The van der Waals surface area contributed by atoms with Crippen molar-refractivity contribution >= 4 is 21.5 Å². The van der Waals surface area contributed by atoms with Gasteiger partial charge in [-0.1, -0.05) is 18.2 Å². The number of hydrogen-bond donors (Lipinski definition) is 0. The first-order valence-electron chi connectivity index (χ1n) is 12.9. The van der Waals surface area contributed by atoms with Gasteiger partial charge in [-0.25, -0.2) is 74.6 Å². The largest absolute Gasteiger partial charge is 0.207 e. The normalized spacial score (nSPS) is 11.8. The quantitative estimate of drug-likeness (QED) is 0.0742. The third-order valence-corrected chi connectivity index (χ3v) is 7.55. The zero-order chi connectivity index (χ0) is 36.1. The average Bonchev–Trinajstić information content (AvgIpc) is 3.06. The minimum atomic E-state index is -2.87. The Morgan fingerprint density at radius 1 is 0.265 bits per heavy atom. The molecule has 0 nitrogen and oxygen atoms in total. The van der Waals surface area contributed by atoms with Gasteiger partial charge in [0.25, 0.3) is 0 Å². The van der Waals surface area contributed by atoms with Crippen molar-refractivity contribution in [1.29, 1.82) is 0 Å². The summed E-state index contributed by atoms with van der Waals surface area (Å²) in [5, 5.41) is -8.79. The second-order valence-electron chi connectivity index (χ2n) is 10.1. The van der Waals surface area contributed by atoms with Crippen LogP contribution in [0.5, 0.6) is 0 Å². The maximum Gasteiger partial charge on any atom is 0.200 e. The molecular formula is C32H5F17. The van der Waals surface area contributed by atoms with Gasteiger partial charge in [-0.05, 0) is 17.2 Å². The molecular weight excluding hydrogens is 707 g/mol. The molecule has 252 valence electrons. The molecule has 0 unspecified atom stereocenters. The summed E-state index contributed by atoms with van der Waals surface area (Å²) in [4.78, 5) is 0. The van der Waals surface area contributed by atoms with Gasteiger partial charge in [-0.2, -0.15) is 0 Å². The van der Waals surface area contributed by atoms with Crippen molar-refractivity contribution in [2.45, 2.75) is 0 Å². The van der Waals surface area contributed by atoms with Crippen LogP contribution in [0.15, 0.2) is 30.3 Å². The highest BCUT2D eigenvalue weighted by atomic mass is 19.2. The van der Waals surface area contributed by atoms with E-state index >= 15 is 35.1 Å². The van der Waals surface area contributed by atoms with Gasteiger partial charge in [0.2, 0.25) is 5.82 Å². The molecule has 0 aliphatic heterocycles. The van der Waals surface area contributed by atoms with E-state index in [4.69, 9.17) is 0 Å². The summed E-state index contributed by atoms with van der Waals surface area (Å²) in [7, 11) is 0. The molecule has 0 aliphatic rings. The van der Waals surface area contributed by atoms with Gasteiger partial charge in [0.05, 0.1) is 21.7 Å². The van der Waals surface area contributed by atoms with E-state index in [2.05, 4.69) is 0 Å². The highest BCUT2D eigenvalue weighted by Gasteiger charge is 2.36. The van der Waals surface area contributed by atoms with Gasteiger partial charge in [-0.3, -0.25) is 0 Å². The van der Waals surface area contributed by atoms with E-state index in [1.54, 1.807) is 0 Å². The third kappa shape index (κ3) is 4.54. The van der Waals surface area contributed by atoms with Crippen LogP contribution in [0.3, 0.4) is 0 Å². The van der Waals surface area contributed by atoms with Gasteiger partial charge in [0.15, 0.2) is 75.6 Å². The van der Waals surface area contributed by atoms with E-state index in [1.165, 1.54) is 0 Å². The van der Waals surface area contributed by atoms with Crippen LogP contribution in [0.2, 0.25) is 0 Å². The van der Waals surface area contributed by atoms with Crippen LogP contribution in [-0.2, 0) is 0 Å². The molecule has 0 spiro atoms. The molecule has 0 fully saturated rings. The predicted octanol–water partition coefficient (Wildman–Crippen LogP) is 11.4. The zero-order valence-corrected chi connectivity index (χ0v) is 22.8. The fourth-order valence-corrected chi connectivity index (χ4v) is 5.46. The molecule has 0 saturated heterocycles. The highest BCUT2D eigenvalue weighted by molar-refractivity contribution is 6.11. The fraction of sp³-hybridized carbons (Fsp3) is 0. The summed E-state index contributed by atoms with van der Waals surface area (Å²) in [5.41, 5.74) is -10.2. The molecule has 0 aromatic heterocycles. The van der Waals surface area contributed by atoms with Crippen molar-refractivity contribution in [3.8, 4) is 33.4 Å². The predicted molar refractivity (Wildman–Crippen MR) is 137 cm³/mol. The van der Waals surface area contributed by atoms with Crippen LogP contribution in [0.1, 0.15) is 0 Å². The van der Waals surface area contributed by atoms with Crippen molar-refractivity contribution in [1.82, 2.24) is 0 Å². The van der Waals surface area contributed by atoms with Gasteiger partial charge in [0.1, 0.15) is 17.5 Å². The molecule has 0 N–H and O–H groups in total. The Morgan fingerprint density at radius 2 is 0.653 bits per heavy atom. The zero-order valence-electron chi connectivity index (χ0n) is 22.8. The molecule has 6 aromatic carbocycles. The minimum Gasteiger partial charge on any atom is -0.207 e. The van der Waals surface area contributed by atoms with Crippen LogP contribution in [-0.4, -0.2) is 0 Å². The summed E-state index contributed by atoms with van der Waals surface area (Å²) >= 11 is 0. The molecule has 0 bridgehead atoms. The van der Waals surface area contributed by atoms with Crippen molar-refractivity contribution in [2.75, 3.05) is 0 Å². The Hall–Kier alpha value is -5.35. The maximum atomic E-state index is 16.2. The summed E-state index contributed by atoms with van der Waals surface area (Å²) in [6, 6.07) is 1.36. The Labute approximate surface area is 259 Å². The van der Waals surface area contributed by atoms with Crippen molar-refractivity contribution in [2.24, 2.45) is 0 Å². The topological polar surface area (TPSA) is 0 Å². The van der Waals surface area contributed by atoms with Crippen molar-refractivity contribution in [3.63, 3.8) is 0 Å². The van der Waals surface area contributed by atoms with Gasteiger partial charge in [-0.15, -0.1) is 0 Å². The lowest BCUT2D eigenvalue weighted by molar-refractivity contribution is 0.381. The Morgan fingerprint density at radius 3 is 1.18 bits per heavy atom. The lowest BCUT2D eigenvalue weighted by Gasteiger charge is -2.21. The van der Waals surface area contributed by atoms with Crippen LogP contribution < -0.4 is 0 Å². The maximum absolute atomic E-state index is 16.2.